The molecule has 1 aromatic rings. The van der Waals surface area contributed by atoms with Crippen LogP contribution in [0.1, 0.15) is 16.8 Å². The standard InChI is InChI=1S/C11H15ClN2O2/c1-16-10-4-3-8(12)7-9(10)11(15)14-6-2-5-13/h3-4,7H,2,5-6,13H2,1H3,(H,14,15). The Morgan fingerprint density at radius 2 is 2.31 bits per heavy atom. The van der Waals surface area contributed by atoms with Crippen LogP contribution in [0.15, 0.2) is 18.2 Å². The van der Waals surface area contributed by atoms with Crippen molar-refractivity contribution >= 4 is 17.5 Å². The van der Waals surface area contributed by atoms with E-state index in [1.807, 2.05) is 0 Å². The number of rotatable bonds is 5. The highest BCUT2D eigenvalue weighted by atomic mass is 35.5. The molecular formula is C11H15ClN2O2. The van der Waals surface area contributed by atoms with Crippen LogP contribution >= 0.6 is 11.6 Å². The Bertz CT molecular complexity index is 369. The molecule has 0 aliphatic heterocycles. The minimum atomic E-state index is -0.201. The summed E-state index contributed by atoms with van der Waals surface area (Å²) >= 11 is 5.82. The fourth-order valence-electron chi connectivity index (χ4n) is 1.26. The van der Waals surface area contributed by atoms with Crippen molar-refractivity contribution in [1.29, 1.82) is 0 Å². The smallest absolute Gasteiger partial charge is 0.255 e. The van der Waals surface area contributed by atoms with Gasteiger partial charge in [-0.05, 0) is 31.2 Å². The second-order valence-corrected chi connectivity index (χ2v) is 3.68. The number of nitrogens with one attached hydrogen (secondary N) is 1. The minimum absolute atomic E-state index is 0.201. The summed E-state index contributed by atoms with van der Waals surface area (Å²) in [6.07, 6.45) is 0.745. The highest BCUT2D eigenvalue weighted by Crippen LogP contribution is 2.22. The number of benzene rings is 1. The van der Waals surface area contributed by atoms with Gasteiger partial charge in [-0.25, -0.2) is 0 Å². The van der Waals surface area contributed by atoms with Crippen molar-refractivity contribution in [3.05, 3.63) is 28.8 Å². The molecule has 0 heterocycles. The predicted octanol–water partition coefficient (Wildman–Crippen LogP) is 1.43. The van der Waals surface area contributed by atoms with Gasteiger partial charge in [0.2, 0.25) is 0 Å². The van der Waals surface area contributed by atoms with Crippen LogP contribution in [0.3, 0.4) is 0 Å². The summed E-state index contributed by atoms with van der Waals surface area (Å²) < 4.78 is 5.08. The Morgan fingerprint density at radius 1 is 1.56 bits per heavy atom. The summed E-state index contributed by atoms with van der Waals surface area (Å²) in [7, 11) is 1.51. The van der Waals surface area contributed by atoms with E-state index in [1.54, 1.807) is 18.2 Å². The lowest BCUT2D eigenvalue weighted by atomic mass is 10.2. The van der Waals surface area contributed by atoms with Gasteiger partial charge in [-0.15, -0.1) is 0 Å². The van der Waals surface area contributed by atoms with Crippen LogP contribution in [-0.4, -0.2) is 26.1 Å². The first-order chi connectivity index (χ1) is 7.69. The number of nitrogens with two attached hydrogens (primary N) is 1. The van der Waals surface area contributed by atoms with Gasteiger partial charge < -0.3 is 15.8 Å². The van der Waals surface area contributed by atoms with Crippen LogP contribution in [-0.2, 0) is 0 Å². The molecule has 0 saturated heterocycles. The number of hydrogen-bond acceptors (Lipinski definition) is 3. The molecule has 88 valence electrons. The quantitative estimate of drug-likeness (QED) is 0.768. The molecule has 0 aromatic heterocycles. The zero-order valence-corrected chi connectivity index (χ0v) is 9.88. The van der Waals surface area contributed by atoms with Gasteiger partial charge in [-0.2, -0.15) is 0 Å². The maximum Gasteiger partial charge on any atom is 0.255 e. The van der Waals surface area contributed by atoms with Gasteiger partial charge in [-0.1, -0.05) is 11.6 Å². The first-order valence-corrected chi connectivity index (χ1v) is 5.38. The maximum atomic E-state index is 11.8. The van der Waals surface area contributed by atoms with Crippen molar-refractivity contribution in [3.63, 3.8) is 0 Å². The van der Waals surface area contributed by atoms with E-state index in [9.17, 15) is 4.79 Å². The van der Waals surface area contributed by atoms with Gasteiger partial charge in [0.15, 0.2) is 0 Å². The van der Waals surface area contributed by atoms with E-state index in [4.69, 9.17) is 22.1 Å². The number of ether oxygens (including phenoxy) is 1. The molecule has 0 aliphatic carbocycles. The second-order valence-electron chi connectivity index (χ2n) is 3.24. The van der Waals surface area contributed by atoms with Gasteiger partial charge in [0.05, 0.1) is 12.7 Å². The normalized spacial score (nSPS) is 9.94. The summed E-state index contributed by atoms with van der Waals surface area (Å²) in [5.41, 5.74) is 5.77. The Labute approximate surface area is 99.7 Å². The Morgan fingerprint density at radius 3 is 2.94 bits per heavy atom. The Balaban J connectivity index is 2.76. The van der Waals surface area contributed by atoms with E-state index < -0.39 is 0 Å². The maximum absolute atomic E-state index is 11.8. The average molecular weight is 243 g/mol. The van der Waals surface area contributed by atoms with E-state index in [-0.39, 0.29) is 5.91 Å². The van der Waals surface area contributed by atoms with Crippen molar-refractivity contribution in [3.8, 4) is 5.75 Å². The van der Waals surface area contributed by atoms with Crippen LogP contribution in [0.2, 0.25) is 5.02 Å². The average Bonchev–Trinajstić information content (AvgIpc) is 2.29. The predicted molar refractivity (Wildman–Crippen MR) is 64.0 cm³/mol. The monoisotopic (exact) mass is 242 g/mol. The van der Waals surface area contributed by atoms with Crippen molar-refractivity contribution in [1.82, 2.24) is 5.32 Å². The molecule has 0 bridgehead atoms. The number of carbonyl (C=O) groups excluding carboxylic acids is 1. The third-order valence-corrected chi connectivity index (χ3v) is 2.31. The van der Waals surface area contributed by atoms with E-state index in [2.05, 4.69) is 5.32 Å². The van der Waals surface area contributed by atoms with Gasteiger partial charge in [-0.3, -0.25) is 4.79 Å². The van der Waals surface area contributed by atoms with Gasteiger partial charge in [0.1, 0.15) is 5.75 Å². The van der Waals surface area contributed by atoms with Crippen LogP contribution in [0, 0.1) is 0 Å². The van der Waals surface area contributed by atoms with Crippen LogP contribution < -0.4 is 15.8 Å². The molecule has 0 aliphatic rings. The van der Waals surface area contributed by atoms with E-state index in [0.717, 1.165) is 6.42 Å². The molecule has 1 rings (SSSR count). The molecule has 0 radical (unpaired) electrons. The van der Waals surface area contributed by atoms with Gasteiger partial charge in [0, 0.05) is 11.6 Å². The van der Waals surface area contributed by atoms with Crippen molar-refractivity contribution < 1.29 is 9.53 Å². The summed E-state index contributed by atoms with van der Waals surface area (Å²) in [5.74, 6) is 0.308. The number of methoxy groups -OCH3 is 1. The topological polar surface area (TPSA) is 64.3 Å². The Hall–Kier alpha value is -1.26. The number of hydrogen-bond donors (Lipinski definition) is 2. The molecular weight excluding hydrogens is 228 g/mol. The SMILES string of the molecule is COc1ccc(Cl)cc1C(=O)NCCCN. The molecule has 3 N–H and O–H groups in total. The molecule has 1 amide bonds. The summed E-state index contributed by atoms with van der Waals surface area (Å²) in [6, 6.07) is 4.93. The highest BCUT2D eigenvalue weighted by molar-refractivity contribution is 6.31. The second kappa shape index (κ2) is 6.35. The molecule has 4 nitrogen and oxygen atoms in total. The fraction of sp³-hybridized carbons (Fsp3) is 0.364. The summed E-state index contributed by atoms with van der Waals surface area (Å²) in [5, 5.41) is 3.25. The van der Waals surface area contributed by atoms with Crippen molar-refractivity contribution in [2.24, 2.45) is 5.73 Å². The molecule has 0 fully saturated rings. The third kappa shape index (κ3) is 3.40. The molecule has 0 unspecified atom stereocenters. The lowest BCUT2D eigenvalue weighted by Crippen LogP contribution is -2.26. The number of amides is 1. The summed E-state index contributed by atoms with van der Waals surface area (Å²) in [6.45, 7) is 1.10. The van der Waals surface area contributed by atoms with E-state index >= 15 is 0 Å². The molecule has 16 heavy (non-hydrogen) atoms. The zero-order chi connectivity index (χ0) is 12.0. The lowest BCUT2D eigenvalue weighted by molar-refractivity contribution is 0.0950. The fourth-order valence-corrected chi connectivity index (χ4v) is 1.43. The van der Waals surface area contributed by atoms with Crippen molar-refractivity contribution in [2.45, 2.75) is 6.42 Å². The number of carbonyl (C=O) groups is 1. The summed E-state index contributed by atoms with van der Waals surface area (Å²) in [4.78, 5) is 11.8. The minimum Gasteiger partial charge on any atom is -0.496 e. The van der Waals surface area contributed by atoms with Gasteiger partial charge in [0.25, 0.3) is 5.91 Å². The van der Waals surface area contributed by atoms with Crippen molar-refractivity contribution in [2.75, 3.05) is 20.2 Å². The number of halogens is 1. The molecule has 1 aromatic carbocycles. The van der Waals surface area contributed by atoms with E-state index in [0.29, 0.717) is 29.4 Å². The first kappa shape index (κ1) is 12.8. The first-order valence-electron chi connectivity index (χ1n) is 5.01. The molecule has 5 heteroatoms. The molecule has 0 saturated carbocycles. The third-order valence-electron chi connectivity index (χ3n) is 2.07. The molecule has 0 spiro atoms. The lowest BCUT2D eigenvalue weighted by Gasteiger charge is -2.09. The van der Waals surface area contributed by atoms with Gasteiger partial charge >= 0.3 is 0 Å². The largest absolute Gasteiger partial charge is 0.496 e. The van der Waals surface area contributed by atoms with Crippen LogP contribution in [0.25, 0.3) is 0 Å². The Kier molecular flexibility index (Phi) is 5.08. The van der Waals surface area contributed by atoms with Crippen LogP contribution in [0.4, 0.5) is 0 Å². The molecule has 0 atom stereocenters. The van der Waals surface area contributed by atoms with E-state index in [1.165, 1.54) is 7.11 Å². The van der Waals surface area contributed by atoms with Crippen LogP contribution in [0.5, 0.6) is 5.75 Å². The zero-order valence-electron chi connectivity index (χ0n) is 9.13. The highest BCUT2D eigenvalue weighted by Gasteiger charge is 2.11.